The largest absolute Gasteiger partial charge is 0.380 e. The summed E-state index contributed by atoms with van der Waals surface area (Å²) in [4.78, 5) is 4.27. The van der Waals surface area contributed by atoms with Gasteiger partial charge in [-0.3, -0.25) is 4.99 Å². The van der Waals surface area contributed by atoms with Crippen LogP contribution in [0.15, 0.2) is 4.99 Å². The van der Waals surface area contributed by atoms with Gasteiger partial charge in [0.2, 0.25) is 0 Å². The minimum absolute atomic E-state index is 0. The Kier molecular flexibility index (Phi) is 13.2. The molecule has 0 aliphatic heterocycles. The van der Waals surface area contributed by atoms with E-state index in [2.05, 4.69) is 28.8 Å². The van der Waals surface area contributed by atoms with Crippen molar-refractivity contribution in [1.29, 1.82) is 0 Å². The molecule has 1 fully saturated rings. The van der Waals surface area contributed by atoms with Gasteiger partial charge in [0.1, 0.15) is 0 Å². The summed E-state index contributed by atoms with van der Waals surface area (Å²) in [5.41, 5.74) is 0. The lowest BCUT2D eigenvalue weighted by Gasteiger charge is -2.17. The first-order chi connectivity index (χ1) is 9.30. The first kappa shape index (κ1) is 20.3. The van der Waals surface area contributed by atoms with Gasteiger partial charge in [-0.25, -0.2) is 0 Å². The van der Waals surface area contributed by atoms with Crippen LogP contribution < -0.4 is 10.6 Å². The maximum atomic E-state index is 5.52. The number of halogens is 1. The van der Waals surface area contributed by atoms with E-state index in [1.165, 1.54) is 25.7 Å². The van der Waals surface area contributed by atoms with Gasteiger partial charge in [-0.15, -0.1) is 24.0 Å². The molecule has 4 nitrogen and oxygen atoms in total. The van der Waals surface area contributed by atoms with E-state index in [0.717, 1.165) is 37.4 Å². The second kappa shape index (κ2) is 13.0. The van der Waals surface area contributed by atoms with Crippen molar-refractivity contribution < 1.29 is 4.74 Å². The molecule has 20 heavy (non-hydrogen) atoms. The zero-order chi connectivity index (χ0) is 13.9. The van der Waals surface area contributed by atoms with Gasteiger partial charge < -0.3 is 15.4 Å². The van der Waals surface area contributed by atoms with E-state index in [1.807, 2.05) is 18.8 Å². The highest BCUT2D eigenvalue weighted by molar-refractivity contribution is 14.0. The molecular formula is C14H30IN3OS. The van der Waals surface area contributed by atoms with E-state index in [4.69, 9.17) is 4.74 Å². The highest BCUT2D eigenvalue weighted by Crippen LogP contribution is 2.27. The fraction of sp³-hybridized carbons (Fsp3) is 0.929. The lowest BCUT2D eigenvalue weighted by Crippen LogP contribution is -2.43. The van der Waals surface area contributed by atoms with Crippen LogP contribution in [-0.4, -0.2) is 50.3 Å². The molecule has 0 amide bonds. The van der Waals surface area contributed by atoms with E-state index in [1.54, 1.807) is 0 Å². The molecule has 0 heterocycles. The Hall–Kier alpha value is 0.310. The van der Waals surface area contributed by atoms with Crippen LogP contribution in [0.4, 0.5) is 0 Å². The summed E-state index contributed by atoms with van der Waals surface area (Å²) in [6.45, 7) is 4.61. The minimum Gasteiger partial charge on any atom is -0.380 e. The van der Waals surface area contributed by atoms with Crippen molar-refractivity contribution in [3.63, 3.8) is 0 Å². The normalized spacial score (nSPS) is 22.4. The van der Waals surface area contributed by atoms with E-state index in [0.29, 0.717) is 6.04 Å². The quantitative estimate of drug-likeness (QED) is 0.277. The molecule has 1 saturated carbocycles. The van der Waals surface area contributed by atoms with Crippen LogP contribution in [0.3, 0.4) is 0 Å². The zero-order valence-corrected chi connectivity index (χ0v) is 16.1. The number of aliphatic imine (C=N–C) groups is 1. The number of nitrogens with zero attached hydrogens (tertiary/aromatic N) is 1. The van der Waals surface area contributed by atoms with Gasteiger partial charge in [0.15, 0.2) is 5.96 Å². The molecule has 120 valence electrons. The summed E-state index contributed by atoms with van der Waals surface area (Å²) >= 11 is 1.98. The zero-order valence-electron chi connectivity index (χ0n) is 13.0. The van der Waals surface area contributed by atoms with Crippen LogP contribution >= 0.6 is 35.7 Å². The maximum Gasteiger partial charge on any atom is 0.191 e. The number of ether oxygens (including phenoxy) is 1. The van der Waals surface area contributed by atoms with Crippen LogP contribution in [0.2, 0.25) is 0 Å². The van der Waals surface area contributed by atoms with Crippen molar-refractivity contribution in [2.45, 2.75) is 50.3 Å². The summed E-state index contributed by atoms with van der Waals surface area (Å²) in [6.07, 6.45) is 8.35. The Balaban J connectivity index is 0.00000361. The highest BCUT2D eigenvalue weighted by atomic mass is 127. The SMILES string of the molecule is CCCCOCCNC(=NC)NC1CCC(SC)C1.I. The van der Waals surface area contributed by atoms with E-state index >= 15 is 0 Å². The van der Waals surface area contributed by atoms with E-state index in [9.17, 15) is 0 Å². The van der Waals surface area contributed by atoms with Gasteiger partial charge in [-0.05, 0) is 31.9 Å². The first-order valence-corrected chi connectivity index (χ1v) is 8.66. The molecule has 6 heteroatoms. The Labute approximate surface area is 145 Å². The molecule has 0 aromatic carbocycles. The Morgan fingerprint density at radius 3 is 2.75 bits per heavy atom. The summed E-state index contributed by atoms with van der Waals surface area (Å²) in [5.74, 6) is 0.908. The molecule has 1 rings (SSSR count). The summed E-state index contributed by atoms with van der Waals surface area (Å²) in [7, 11) is 1.83. The van der Waals surface area contributed by atoms with Crippen molar-refractivity contribution >= 4 is 41.7 Å². The summed E-state index contributed by atoms with van der Waals surface area (Å²) in [6, 6.07) is 0.574. The van der Waals surface area contributed by atoms with Crippen LogP contribution in [0, 0.1) is 0 Å². The van der Waals surface area contributed by atoms with Crippen molar-refractivity contribution in [3.05, 3.63) is 0 Å². The molecular weight excluding hydrogens is 385 g/mol. The monoisotopic (exact) mass is 415 g/mol. The van der Waals surface area contributed by atoms with Gasteiger partial charge in [-0.2, -0.15) is 11.8 Å². The second-order valence-corrected chi connectivity index (χ2v) is 6.12. The Bertz CT molecular complexity index is 267. The average molecular weight is 415 g/mol. The van der Waals surface area contributed by atoms with Crippen molar-refractivity contribution in [2.75, 3.05) is 33.1 Å². The summed E-state index contributed by atoms with van der Waals surface area (Å²) in [5, 5.41) is 7.63. The molecule has 1 aliphatic rings. The first-order valence-electron chi connectivity index (χ1n) is 7.37. The topological polar surface area (TPSA) is 45.6 Å². The molecule has 0 spiro atoms. The van der Waals surface area contributed by atoms with Gasteiger partial charge in [-0.1, -0.05) is 13.3 Å². The smallest absolute Gasteiger partial charge is 0.191 e. The third-order valence-corrected chi connectivity index (χ3v) is 4.56. The highest BCUT2D eigenvalue weighted by Gasteiger charge is 2.24. The van der Waals surface area contributed by atoms with Gasteiger partial charge in [0.05, 0.1) is 6.61 Å². The summed E-state index contributed by atoms with van der Waals surface area (Å²) < 4.78 is 5.52. The van der Waals surface area contributed by atoms with Crippen LogP contribution in [0.5, 0.6) is 0 Å². The average Bonchev–Trinajstić information content (AvgIpc) is 2.89. The molecule has 2 atom stereocenters. The van der Waals surface area contributed by atoms with E-state index < -0.39 is 0 Å². The third-order valence-electron chi connectivity index (χ3n) is 3.46. The fourth-order valence-corrected chi connectivity index (χ4v) is 3.06. The predicted octanol–water partition coefficient (Wildman–Crippen LogP) is 2.87. The molecule has 0 bridgehead atoms. The number of thioether (sulfide) groups is 1. The van der Waals surface area contributed by atoms with Crippen molar-refractivity contribution in [3.8, 4) is 0 Å². The Morgan fingerprint density at radius 2 is 2.15 bits per heavy atom. The van der Waals surface area contributed by atoms with Crippen molar-refractivity contribution in [2.24, 2.45) is 4.99 Å². The molecule has 2 unspecified atom stereocenters. The maximum absolute atomic E-state index is 5.52. The predicted molar refractivity (Wildman–Crippen MR) is 101 cm³/mol. The third kappa shape index (κ3) is 8.56. The number of unbranched alkanes of at least 4 members (excludes halogenated alkanes) is 1. The van der Waals surface area contributed by atoms with Crippen LogP contribution in [0.25, 0.3) is 0 Å². The number of guanidine groups is 1. The van der Waals surface area contributed by atoms with E-state index in [-0.39, 0.29) is 24.0 Å². The Morgan fingerprint density at radius 1 is 1.35 bits per heavy atom. The number of hydrogen-bond donors (Lipinski definition) is 2. The standard InChI is InChI=1S/C14H29N3OS.HI/c1-4-5-9-18-10-8-16-14(15-2)17-12-6-7-13(11-12)19-3;/h12-13H,4-11H2,1-3H3,(H2,15,16,17);1H. The van der Waals surface area contributed by atoms with Gasteiger partial charge >= 0.3 is 0 Å². The second-order valence-electron chi connectivity index (χ2n) is 4.98. The van der Waals surface area contributed by atoms with Crippen LogP contribution in [0.1, 0.15) is 39.0 Å². The van der Waals surface area contributed by atoms with Gasteiger partial charge in [0.25, 0.3) is 0 Å². The lowest BCUT2D eigenvalue weighted by molar-refractivity contribution is 0.136. The van der Waals surface area contributed by atoms with Crippen LogP contribution in [-0.2, 0) is 4.74 Å². The molecule has 0 aromatic rings. The number of hydrogen-bond acceptors (Lipinski definition) is 3. The molecule has 2 N–H and O–H groups in total. The number of rotatable bonds is 8. The van der Waals surface area contributed by atoms with Crippen molar-refractivity contribution in [1.82, 2.24) is 10.6 Å². The lowest BCUT2D eigenvalue weighted by atomic mass is 10.2. The van der Waals surface area contributed by atoms with Gasteiger partial charge in [0, 0.05) is 31.5 Å². The molecule has 0 radical (unpaired) electrons. The molecule has 0 saturated heterocycles. The number of nitrogens with one attached hydrogen (secondary N) is 2. The molecule has 0 aromatic heterocycles. The minimum atomic E-state index is 0. The molecule has 1 aliphatic carbocycles. The fourth-order valence-electron chi connectivity index (χ4n) is 2.26.